The molecule has 0 aliphatic carbocycles. The van der Waals surface area contributed by atoms with Crippen molar-refractivity contribution in [3.63, 3.8) is 0 Å². The molecule has 1 unspecified atom stereocenters. The molecule has 0 saturated carbocycles. The Kier molecular flexibility index (Phi) is 4.80. The van der Waals surface area contributed by atoms with Gasteiger partial charge in [-0.2, -0.15) is 0 Å². The van der Waals surface area contributed by atoms with Gasteiger partial charge in [0.1, 0.15) is 12.4 Å². The Morgan fingerprint density at radius 1 is 1.50 bits per heavy atom. The first-order chi connectivity index (χ1) is 8.69. The van der Waals surface area contributed by atoms with Crippen LogP contribution < -0.4 is 10.1 Å². The van der Waals surface area contributed by atoms with Gasteiger partial charge in [0, 0.05) is 29.7 Å². The van der Waals surface area contributed by atoms with Crippen LogP contribution in [0.4, 0.5) is 0 Å². The molecule has 0 amide bonds. The number of aliphatic hydroxyl groups excluding tert-OH is 1. The molecule has 0 radical (unpaired) electrons. The molecule has 1 aliphatic heterocycles. The molecule has 0 spiro atoms. The fourth-order valence-corrected chi connectivity index (χ4v) is 2.22. The van der Waals surface area contributed by atoms with E-state index in [2.05, 4.69) is 33.4 Å². The second kappa shape index (κ2) is 6.36. The summed E-state index contributed by atoms with van der Waals surface area (Å²) in [5.74, 6) is 1.22. The van der Waals surface area contributed by atoms with E-state index in [0.717, 1.165) is 28.9 Å². The molecule has 2 N–H and O–H groups in total. The number of benzene rings is 1. The van der Waals surface area contributed by atoms with Gasteiger partial charge in [0.25, 0.3) is 0 Å². The third kappa shape index (κ3) is 3.57. The summed E-state index contributed by atoms with van der Waals surface area (Å²) in [5, 5.41) is 12.3. The molecule has 18 heavy (non-hydrogen) atoms. The van der Waals surface area contributed by atoms with Crippen LogP contribution in [0.3, 0.4) is 0 Å². The monoisotopic (exact) mass is 311 g/mol. The number of nitrogens with one attached hydrogen (secondary N) is 1. The van der Waals surface area contributed by atoms with Gasteiger partial charge in [-0.3, -0.25) is 0 Å². The van der Waals surface area contributed by atoms with Gasteiger partial charge < -0.3 is 15.2 Å². The van der Waals surface area contributed by atoms with Gasteiger partial charge in [0.15, 0.2) is 0 Å². The van der Waals surface area contributed by atoms with Crippen molar-refractivity contribution < 1.29 is 9.84 Å². The molecule has 4 heteroatoms. The predicted octanol–water partition coefficient (Wildman–Crippen LogP) is 2.44. The van der Waals surface area contributed by atoms with Crippen molar-refractivity contribution in [1.29, 1.82) is 0 Å². The van der Waals surface area contributed by atoms with Crippen LogP contribution in [0.1, 0.15) is 12.5 Å². The highest BCUT2D eigenvalue weighted by Gasteiger charge is 2.11. The smallest absolute Gasteiger partial charge is 0.127 e. The maximum atomic E-state index is 8.95. The maximum absolute atomic E-state index is 8.95. The van der Waals surface area contributed by atoms with Gasteiger partial charge in [-0.05, 0) is 35.8 Å². The molecule has 98 valence electrons. The van der Waals surface area contributed by atoms with Crippen LogP contribution in [0, 0.1) is 5.92 Å². The van der Waals surface area contributed by atoms with Crippen LogP contribution in [0.5, 0.6) is 5.75 Å². The van der Waals surface area contributed by atoms with Gasteiger partial charge in [-0.25, -0.2) is 0 Å². The van der Waals surface area contributed by atoms with Gasteiger partial charge in [-0.1, -0.05) is 22.9 Å². The lowest BCUT2D eigenvalue weighted by Gasteiger charge is -2.19. The van der Waals surface area contributed by atoms with E-state index in [1.807, 2.05) is 19.1 Å². The quantitative estimate of drug-likeness (QED) is 0.877. The zero-order valence-corrected chi connectivity index (χ0v) is 12.0. The second-order valence-corrected chi connectivity index (χ2v) is 5.61. The Balaban J connectivity index is 1.95. The molecule has 0 saturated heterocycles. The maximum Gasteiger partial charge on any atom is 0.127 e. The first-order valence-corrected chi connectivity index (χ1v) is 6.91. The van der Waals surface area contributed by atoms with Crippen LogP contribution in [0.2, 0.25) is 0 Å². The fourth-order valence-electron chi connectivity index (χ4n) is 1.84. The number of ether oxygens (including phenoxy) is 1. The van der Waals surface area contributed by atoms with Crippen molar-refractivity contribution in [2.45, 2.75) is 6.92 Å². The molecule has 1 aliphatic rings. The lowest BCUT2D eigenvalue weighted by atomic mass is 10.1. The fraction of sp³-hybridized carbons (Fsp3) is 0.429. The Bertz CT molecular complexity index is 445. The van der Waals surface area contributed by atoms with E-state index in [-0.39, 0.29) is 12.5 Å². The van der Waals surface area contributed by atoms with E-state index in [1.165, 1.54) is 5.57 Å². The van der Waals surface area contributed by atoms with Crippen molar-refractivity contribution in [2.24, 2.45) is 5.92 Å². The van der Waals surface area contributed by atoms with Gasteiger partial charge >= 0.3 is 0 Å². The van der Waals surface area contributed by atoms with E-state index in [1.54, 1.807) is 0 Å². The number of halogens is 1. The summed E-state index contributed by atoms with van der Waals surface area (Å²) in [5.41, 5.74) is 2.34. The van der Waals surface area contributed by atoms with Crippen LogP contribution in [-0.2, 0) is 0 Å². The Morgan fingerprint density at radius 2 is 2.33 bits per heavy atom. The molecule has 1 aromatic rings. The number of fused-ring (bicyclic) bond motifs is 1. The standard InChI is InChI=1S/C14H18BrNO2/c1-10(8-17)6-16-7-11-4-12-5-13(15)2-3-14(12)18-9-11/h2-5,10,16-17H,6-9H2,1H3. The zero-order chi connectivity index (χ0) is 13.0. The first kappa shape index (κ1) is 13.6. The molecule has 0 aromatic heterocycles. The molecular weight excluding hydrogens is 294 g/mol. The Morgan fingerprint density at radius 3 is 3.11 bits per heavy atom. The summed E-state index contributed by atoms with van der Waals surface area (Å²) in [4.78, 5) is 0. The highest BCUT2D eigenvalue weighted by atomic mass is 79.9. The second-order valence-electron chi connectivity index (χ2n) is 4.69. The minimum Gasteiger partial charge on any atom is -0.489 e. The highest BCUT2D eigenvalue weighted by molar-refractivity contribution is 9.10. The predicted molar refractivity (Wildman–Crippen MR) is 76.7 cm³/mol. The van der Waals surface area contributed by atoms with Crippen molar-refractivity contribution in [2.75, 3.05) is 26.3 Å². The lowest BCUT2D eigenvalue weighted by molar-refractivity contribution is 0.234. The average molecular weight is 312 g/mol. The molecule has 2 rings (SSSR count). The van der Waals surface area contributed by atoms with Crippen molar-refractivity contribution in [1.82, 2.24) is 5.32 Å². The van der Waals surface area contributed by atoms with Crippen LogP contribution >= 0.6 is 15.9 Å². The van der Waals surface area contributed by atoms with Crippen LogP contribution in [0.25, 0.3) is 6.08 Å². The molecule has 1 heterocycles. The van der Waals surface area contributed by atoms with Gasteiger partial charge in [-0.15, -0.1) is 0 Å². The summed E-state index contributed by atoms with van der Waals surface area (Å²) in [6, 6.07) is 6.03. The third-order valence-electron chi connectivity index (χ3n) is 2.90. The van der Waals surface area contributed by atoms with E-state index < -0.39 is 0 Å². The summed E-state index contributed by atoms with van der Waals surface area (Å²) in [7, 11) is 0. The van der Waals surface area contributed by atoms with Crippen LogP contribution in [0.15, 0.2) is 28.2 Å². The van der Waals surface area contributed by atoms with E-state index in [0.29, 0.717) is 6.61 Å². The molecule has 1 atom stereocenters. The van der Waals surface area contributed by atoms with E-state index >= 15 is 0 Å². The van der Waals surface area contributed by atoms with Crippen LogP contribution in [-0.4, -0.2) is 31.4 Å². The van der Waals surface area contributed by atoms with Crippen molar-refractivity contribution >= 4 is 22.0 Å². The van der Waals surface area contributed by atoms with Crippen molar-refractivity contribution in [3.8, 4) is 5.75 Å². The molecule has 0 bridgehead atoms. The SMILES string of the molecule is CC(CO)CNCC1=Cc2cc(Br)ccc2OC1. The molecular formula is C14H18BrNO2. The number of rotatable bonds is 5. The minimum atomic E-state index is 0.221. The summed E-state index contributed by atoms with van der Waals surface area (Å²) in [6.07, 6.45) is 2.17. The van der Waals surface area contributed by atoms with E-state index in [4.69, 9.17) is 9.84 Å². The highest BCUT2D eigenvalue weighted by Crippen LogP contribution is 2.28. The topological polar surface area (TPSA) is 41.5 Å². The number of hydrogen-bond donors (Lipinski definition) is 2. The largest absolute Gasteiger partial charge is 0.489 e. The number of aliphatic hydroxyl groups is 1. The summed E-state index contributed by atoms with van der Waals surface area (Å²) in [6.45, 7) is 4.49. The third-order valence-corrected chi connectivity index (χ3v) is 3.39. The first-order valence-electron chi connectivity index (χ1n) is 6.12. The summed E-state index contributed by atoms with van der Waals surface area (Å²) < 4.78 is 6.76. The summed E-state index contributed by atoms with van der Waals surface area (Å²) >= 11 is 3.46. The lowest BCUT2D eigenvalue weighted by Crippen LogP contribution is -2.27. The average Bonchev–Trinajstić information content (AvgIpc) is 2.38. The van der Waals surface area contributed by atoms with E-state index in [9.17, 15) is 0 Å². The number of hydrogen-bond acceptors (Lipinski definition) is 3. The van der Waals surface area contributed by atoms with Gasteiger partial charge in [0.05, 0.1) is 0 Å². The molecule has 1 aromatic carbocycles. The minimum absolute atomic E-state index is 0.221. The normalized spacial score (nSPS) is 15.6. The Hall–Kier alpha value is -0.840. The molecule has 0 fully saturated rings. The Labute approximate surface area is 116 Å². The zero-order valence-electron chi connectivity index (χ0n) is 10.4. The van der Waals surface area contributed by atoms with Gasteiger partial charge in [0.2, 0.25) is 0 Å². The van der Waals surface area contributed by atoms with Crippen molar-refractivity contribution in [3.05, 3.63) is 33.8 Å². The molecule has 3 nitrogen and oxygen atoms in total.